The standard InChI is InChI=1S/C18H36O5/c1-2-3-4-5-6-7-8-10-13-22-15-17(19)16-23-14-11-9-12-18(20)21/h17,19H,2-16H2,1H3,(H,20,21). The Morgan fingerprint density at radius 1 is 0.826 bits per heavy atom. The van der Waals surface area contributed by atoms with Crippen LogP contribution < -0.4 is 0 Å². The minimum atomic E-state index is -0.778. The van der Waals surface area contributed by atoms with Crippen molar-refractivity contribution >= 4 is 5.97 Å². The fourth-order valence-electron chi connectivity index (χ4n) is 2.31. The molecule has 2 N–H and O–H groups in total. The Morgan fingerprint density at radius 3 is 1.83 bits per heavy atom. The molecule has 0 bridgehead atoms. The third-order valence-corrected chi connectivity index (χ3v) is 3.69. The molecule has 1 unspecified atom stereocenters. The quantitative estimate of drug-likeness (QED) is 0.374. The lowest BCUT2D eigenvalue weighted by Gasteiger charge is -2.11. The van der Waals surface area contributed by atoms with Crippen LogP contribution in [0.15, 0.2) is 0 Å². The summed E-state index contributed by atoms with van der Waals surface area (Å²) in [5.41, 5.74) is 0. The molecule has 1 atom stereocenters. The van der Waals surface area contributed by atoms with Gasteiger partial charge in [-0.3, -0.25) is 4.79 Å². The second-order valence-corrected chi connectivity index (χ2v) is 6.13. The maximum Gasteiger partial charge on any atom is 0.303 e. The van der Waals surface area contributed by atoms with Crippen molar-refractivity contribution in [2.24, 2.45) is 0 Å². The summed E-state index contributed by atoms with van der Waals surface area (Å²) in [4.78, 5) is 10.3. The largest absolute Gasteiger partial charge is 0.481 e. The molecule has 5 heteroatoms. The van der Waals surface area contributed by atoms with Crippen molar-refractivity contribution in [1.82, 2.24) is 0 Å². The van der Waals surface area contributed by atoms with E-state index in [0.29, 0.717) is 32.7 Å². The Kier molecular flexibility index (Phi) is 17.2. The lowest BCUT2D eigenvalue weighted by molar-refractivity contribution is -0.137. The van der Waals surface area contributed by atoms with Crippen molar-refractivity contribution in [3.05, 3.63) is 0 Å². The van der Waals surface area contributed by atoms with Gasteiger partial charge in [-0.05, 0) is 19.3 Å². The fraction of sp³-hybridized carbons (Fsp3) is 0.944. The Labute approximate surface area is 141 Å². The van der Waals surface area contributed by atoms with Crippen LogP contribution in [0.1, 0.15) is 77.6 Å². The molecule has 0 rings (SSSR count). The number of carboxylic acid groups (broad SMARTS) is 1. The highest BCUT2D eigenvalue weighted by molar-refractivity contribution is 5.66. The molecule has 0 fully saturated rings. The van der Waals surface area contributed by atoms with Crippen molar-refractivity contribution < 1.29 is 24.5 Å². The first-order valence-corrected chi connectivity index (χ1v) is 9.22. The summed E-state index contributed by atoms with van der Waals surface area (Å²) in [5, 5.41) is 18.2. The number of hydrogen-bond donors (Lipinski definition) is 2. The van der Waals surface area contributed by atoms with Crippen LogP contribution in [0, 0.1) is 0 Å². The van der Waals surface area contributed by atoms with E-state index >= 15 is 0 Å². The van der Waals surface area contributed by atoms with E-state index < -0.39 is 12.1 Å². The van der Waals surface area contributed by atoms with E-state index in [1.807, 2.05) is 0 Å². The van der Waals surface area contributed by atoms with Crippen molar-refractivity contribution in [3.8, 4) is 0 Å². The van der Waals surface area contributed by atoms with Gasteiger partial charge < -0.3 is 19.7 Å². The van der Waals surface area contributed by atoms with Gasteiger partial charge in [0, 0.05) is 19.6 Å². The molecule has 0 amide bonds. The lowest BCUT2D eigenvalue weighted by Crippen LogP contribution is -2.22. The number of carboxylic acids is 1. The molecule has 0 saturated carbocycles. The summed E-state index contributed by atoms with van der Waals surface area (Å²) in [6, 6.07) is 0. The van der Waals surface area contributed by atoms with E-state index in [0.717, 1.165) is 6.42 Å². The molecule has 0 saturated heterocycles. The molecular weight excluding hydrogens is 296 g/mol. The molecule has 5 nitrogen and oxygen atoms in total. The highest BCUT2D eigenvalue weighted by atomic mass is 16.5. The van der Waals surface area contributed by atoms with Crippen LogP contribution in [0.2, 0.25) is 0 Å². The van der Waals surface area contributed by atoms with E-state index in [2.05, 4.69) is 6.92 Å². The first-order valence-electron chi connectivity index (χ1n) is 9.22. The van der Waals surface area contributed by atoms with E-state index in [4.69, 9.17) is 14.6 Å². The van der Waals surface area contributed by atoms with Gasteiger partial charge in [-0.1, -0.05) is 51.9 Å². The first kappa shape index (κ1) is 22.4. The number of unbranched alkanes of at least 4 members (excludes halogenated alkanes) is 8. The first-order chi connectivity index (χ1) is 11.2. The number of aliphatic carboxylic acids is 1. The van der Waals surface area contributed by atoms with Gasteiger partial charge in [-0.2, -0.15) is 0 Å². The van der Waals surface area contributed by atoms with Crippen molar-refractivity contribution in [2.45, 2.75) is 83.7 Å². The molecule has 0 aliphatic carbocycles. The maximum absolute atomic E-state index is 10.3. The zero-order valence-corrected chi connectivity index (χ0v) is 14.8. The Balaban J connectivity index is 3.15. The predicted molar refractivity (Wildman–Crippen MR) is 91.7 cm³/mol. The fourth-order valence-corrected chi connectivity index (χ4v) is 2.31. The van der Waals surface area contributed by atoms with Crippen molar-refractivity contribution in [2.75, 3.05) is 26.4 Å². The Hall–Kier alpha value is -0.650. The second-order valence-electron chi connectivity index (χ2n) is 6.13. The normalized spacial score (nSPS) is 12.4. The minimum absolute atomic E-state index is 0.174. The Morgan fingerprint density at radius 2 is 1.30 bits per heavy atom. The molecular formula is C18H36O5. The summed E-state index contributed by atoms with van der Waals surface area (Å²) >= 11 is 0. The third kappa shape index (κ3) is 19.3. The maximum atomic E-state index is 10.3. The van der Waals surface area contributed by atoms with Crippen LogP contribution >= 0.6 is 0 Å². The SMILES string of the molecule is CCCCCCCCCCOCC(O)COCCCCC(=O)O. The van der Waals surface area contributed by atoms with Gasteiger partial charge in [0.2, 0.25) is 0 Å². The van der Waals surface area contributed by atoms with Crippen molar-refractivity contribution in [3.63, 3.8) is 0 Å². The van der Waals surface area contributed by atoms with Gasteiger partial charge in [0.05, 0.1) is 13.2 Å². The number of rotatable bonds is 18. The van der Waals surface area contributed by atoms with Gasteiger partial charge in [0.25, 0.3) is 0 Å². The van der Waals surface area contributed by atoms with Crippen LogP contribution in [0.5, 0.6) is 0 Å². The van der Waals surface area contributed by atoms with Crippen LogP contribution in [-0.4, -0.2) is 48.7 Å². The zero-order valence-electron chi connectivity index (χ0n) is 14.8. The molecule has 0 aromatic carbocycles. The Bertz CT molecular complexity index is 258. The topological polar surface area (TPSA) is 76.0 Å². The monoisotopic (exact) mass is 332 g/mol. The highest BCUT2D eigenvalue weighted by Gasteiger charge is 2.04. The van der Waals surface area contributed by atoms with E-state index in [1.165, 1.54) is 44.9 Å². The van der Waals surface area contributed by atoms with E-state index in [9.17, 15) is 9.90 Å². The molecule has 0 aliphatic heterocycles. The van der Waals surface area contributed by atoms with Gasteiger partial charge in [-0.15, -0.1) is 0 Å². The molecule has 0 aliphatic rings. The van der Waals surface area contributed by atoms with Gasteiger partial charge in [-0.25, -0.2) is 0 Å². The predicted octanol–water partition coefficient (Wildman–Crippen LogP) is 3.78. The molecule has 138 valence electrons. The van der Waals surface area contributed by atoms with E-state index in [-0.39, 0.29) is 13.0 Å². The minimum Gasteiger partial charge on any atom is -0.481 e. The number of carbonyl (C=O) groups is 1. The molecule has 0 aromatic heterocycles. The average molecular weight is 332 g/mol. The second kappa shape index (κ2) is 17.7. The molecule has 0 aromatic rings. The average Bonchev–Trinajstić information content (AvgIpc) is 2.52. The number of aliphatic hydroxyl groups excluding tert-OH is 1. The zero-order chi connectivity index (χ0) is 17.2. The third-order valence-electron chi connectivity index (χ3n) is 3.69. The van der Waals surface area contributed by atoms with Crippen LogP contribution in [0.3, 0.4) is 0 Å². The molecule has 0 radical (unpaired) electrons. The molecule has 0 heterocycles. The number of hydrogen-bond acceptors (Lipinski definition) is 4. The summed E-state index contributed by atoms with van der Waals surface area (Å²) < 4.78 is 10.7. The summed E-state index contributed by atoms with van der Waals surface area (Å²) in [6.45, 7) is 3.99. The summed E-state index contributed by atoms with van der Waals surface area (Å²) in [5.74, 6) is -0.778. The number of ether oxygens (including phenoxy) is 2. The van der Waals surface area contributed by atoms with Crippen LogP contribution in [0.4, 0.5) is 0 Å². The number of aliphatic hydroxyl groups is 1. The van der Waals surface area contributed by atoms with Crippen LogP contribution in [-0.2, 0) is 14.3 Å². The van der Waals surface area contributed by atoms with Gasteiger partial charge in [0.15, 0.2) is 0 Å². The molecule has 23 heavy (non-hydrogen) atoms. The van der Waals surface area contributed by atoms with Crippen molar-refractivity contribution in [1.29, 1.82) is 0 Å². The van der Waals surface area contributed by atoms with E-state index in [1.54, 1.807) is 0 Å². The highest BCUT2D eigenvalue weighted by Crippen LogP contribution is 2.08. The summed E-state index contributed by atoms with van der Waals surface area (Å²) in [6.07, 6.45) is 11.1. The van der Waals surface area contributed by atoms with Gasteiger partial charge >= 0.3 is 5.97 Å². The summed E-state index contributed by atoms with van der Waals surface area (Å²) in [7, 11) is 0. The van der Waals surface area contributed by atoms with Crippen LogP contribution in [0.25, 0.3) is 0 Å². The smallest absolute Gasteiger partial charge is 0.303 e. The lowest BCUT2D eigenvalue weighted by atomic mass is 10.1. The van der Waals surface area contributed by atoms with Gasteiger partial charge in [0.1, 0.15) is 6.10 Å². The molecule has 0 spiro atoms.